The quantitative estimate of drug-likeness (QED) is 0.752. The van der Waals surface area contributed by atoms with Gasteiger partial charge in [0.05, 0.1) is 0 Å². The third kappa shape index (κ3) is 2.46. The predicted octanol–water partition coefficient (Wildman–Crippen LogP) is 1.96. The Morgan fingerprint density at radius 1 is 1.20 bits per heavy atom. The first-order valence-electron chi connectivity index (χ1n) is 6.40. The summed E-state index contributed by atoms with van der Waals surface area (Å²) in [5.41, 5.74) is 8.99. The highest BCUT2D eigenvalue weighted by atomic mass is 16.3. The average molecular weight is 269 g/mol. The number of nitrogens with zero attached hydrogens (tertiary/aromatic N) is 3. The second-order valence-electron chi connectivity index (χ2n) is 4.43. The smallest absolute Gasteiger partial charge is 0.222 e. The maximum Gasteiger partial charge on any atom is 0.222 e. The average Bonchev–Trinajstić information content (AvgIpc) is 2.84. The van der Waals surface area contributed by atoms with Crippen molar-refractivity contribution in [2.75, 3.05) is 18.4 Å². The van der Waals surface area contributed by atoms with E-state index in [9.17, 15) is 0 Å². The minimum absolute atomic E-state index is 0.549. The topological polar surface area (TPSA) is 89.9 Å². The molecule has 0 aliphatic heterocycles. The zero-order valence-corrected chi connectivity index (χ0v) is 11.1. The van der Waals surface area contributed by atoms with Crippen LogP contribution >= 0.6 is 0 Å². The van der Waals surface area contributed by atoms with Crippen LogP contribution in [-0.2, 0) is 0 Å². The highest BCUT2D eigenvalue weighted by Crippen LogP contribution is 2.24. The van der Waals surface area contributed by atoms with Crippen LogP contribution in [0.25, 0.3) is 22.2 Å². The fourth-order valence-corrected chi connectivity index (χ4v) is 1.97. The van der Waals surface area contributed by atoms with Crippen molar-refractivity contribution in [2.24, 2.45) is 5.73 Å². The summed E-state index contributed by atoms with van der Waals surface area (Å²) in [6.07, 6.45) is 3.56. The summed E-state index contributed by atoms with van der Waals surface area (Å²) >= 11 is 0. The summed E-state index contributed by atoms with van der Waals surface area (Å²) in [6.45, 7) is 3.04. The van der Waals surface area contributed by atoms with Gasteiger partial charge in [0, 0.05) is 38.0 Å². The van der Waals surface area contributed by atoms with Gasteiger partial charge >= 0.3 is 0 Å². The van der Waals surface area contributed by atoms with E-state index >= 15 is 0 Å². The molecule has 20 heavy (non-hydrogen) atoms. The first-order valence-corrected chi connectivity index (χ1v) is 6.40. The molecule has 0 unspecified atom stereocenters. The Bertz CT molecular complexity index is 720. The van der Waals surface area contributed by atoms with Crippen LogP contribution in [0.3, 0.4) is 0 Å². The molecule has 3 aromatic rings. The fourth-order valence-electron chi connectivity index (χ4n) is 1.97. The first-order chi connectivity index (χ1) is 9.76. The van der Waals surface area contributed by atoms with Crippen molar-refractivity contribution < 1.29 is 4.42 Å². The molecule has 0 bridgehead atoms. The Labute approximate surface area is 116 Å². The van der Waals surface area contributed by atoms with E-state index in [0.717, 1.165) is 22.2 Å². The minimum Gasteiger partial charge on any atom is -0.441 e. The van der Waals surface area contributed by atoms with Crippen molar-refractivity contribution in [3.8, 4) is 11.1 Å². The van der Waals surface area contributed by atoms with E-state index in [1.54, 1.807) is 12.4 Å². The van der Waals surface area contributed by atoms with Gasteiger partial charge in [0.25, 0.3) is 0 Å². The molecule has 2 aromatic heterocycles. The number of rotatable bonds is 4. The lowest BCUT2D eigenvalue weighted by Gasteiger charge is -2.04. The molecule has 1 aromatic carbocycles. The number of hydrogen-bond acceptors (Lipinski definition) is 6. The Hall–Kier alpha value is -2.47. The summed E-state index contributed by atoms with van der Waals surface area (Å²) < 4.78 is 5.46. The number of nitrogens with two attached hydrogens (primary N) is 1. The van der Waals surface area contributed by atoms with Gasteiger partial charge in [0.2, 0.25) is 5.95 Å². The van der Waals surface area contributed by atoms with Crippen LogP contribution < -0.4 is 11.1 Å². The van der Waals surface area contributed by atoms with Gasteiger partial charge in [-0.3, -0.25) is 0 Å². The monoisotopic (exact) mass is 269 g/mol. The van der Waals surface area contributed by atoms with Crippen molar-refractivity contribution in [1.29, 1.82) is 0 Å². The van der Waals surface area contributed by atoms with E-state index in [1.165, 1.54) is 0 Å². The van der Waals surface area contributed by atoms with Crippen LogP contribution in [0, 0.1) is 6.92 Å². The van der Waals surface area contributed by atoms with Crippen molar-refractivity contribution in [2.45, 2.75) is 6.92 Å². The van der Waals surface area contributed by atoms with Crippen molar-refractivity contribution in [3.05, 3.63) is 36.5 Å². The number of nitrogens with one attached hydrogen (secondary N) is 1. The summed E-state index contributed by atoms with van der Waals surface area (Å²) in [7, 11) is 0. The summed E-state index contributed by atoms with van der Waals surface area (Å²) in [5.74, 6) is 1.24. The summed E-state index contributed by atoms with van der Waals surface area (Å²) in [5, 5.41) is 3.03. The molecule has 0 fully saturated rings. The number of fused-ring (bicyclic) bond motifs is 1. The van der Waals surface area contributed by atoms with Crippen molar-refractivity contribution in [1.82, 2.24) is 15.0 Å². The van der Waals surface area contributed by atoms with E-state index in [1.807, 2.05) is 25.1 Å². The molecule has 0 amide bonds. The molecular weight excluding hydrogens is 254 g/mol. The third-order valence-corrected chi connectivity index (χ3v) is 2.91. The maximum atomic E-state index is 5.46. The van der Waals surface area contributed by atoms with Crippen LogP contribution in [0.15, 0.2) is 35.0 Å². The number of benzene rings is 1. The molecule has 0 atom stereocenters. The molecule has 0 aliphatic rings. The normalized spacial score (nSPS) is 10.9. The van der Waals surface area contributed by atoms with E-state index in [2.05, 4.69) is 20.3 Å². The molecule has 102 valence electrons. The van der Waals surface area contributed by atoms with Crippen LogP contribution in [0.1, 0.15) is 5.89 Å². The maximum absolute atomic E-state index is 5.46. The second kappa shape index (κ2) is 5.26. The molecule has 3 rings (SSSR count). The molecule has 2 heterocycles. The Kier molecular flexibility index (Phi) is 3.30. The standard InChI is InChI=1S/C14H15N5O/c1-9-19-12-6-10(2-3-13(12)20-9)11-7-17-14(18-8-11)16-5-4-15/h2-3,6-8H,4-5,15H2,1H3,(H,16,17,18). The highest BCUT2D eigenvalue weighted by molar-refractivity contribution is 5.80. The molecule has 0 aliphatic carbocycles. The van der Waals surface area contributed by atoms with Gasteiger partial charge in [-0.25, -0.2) is 15.0 Å². The SMILES string of the molecule is Cc1nc2cc(-c3cnc(NCCN)nc3)ccc2o1. The molecule has 0 spiro atoms. The summed E-state index contributed by atoms with van der Waals surface area (Å²) in [4.78, 5) is 12.8. The Balaban J connectivity index is 1.89. The fraction of sp³-hybridized carbons (Fsp3) is 0.214. The molecule has 0 saturated heterocycles. The Morgan fingerprint density at radius 3 is 2.75 bits per heavy atom. The number of anilines is 1. The molecule has 0 saturated carbocycles. The minimum atomic E-state index is 0.549. The third-order valence-electron chi connectivity index (χ3n) is 2.91. The van der Waals surface area contributed by atoms with Crippen LogP contribution in [0.5, 0.6) is 0 Å². The lowest BCUT2D eigenvalue weighted by Crippen LogP contribution is -2.14. The van der Waals surface area contributed by atoms with Crippen LogP contribution in [0.4, 0.5) is 5.95 Å². The number of oxazole rings is 1. The van der Waals surface area contributed by atoms with Crippen LogP contribution in [-0.4, -0.2) is 28.0 Å². The molecule has 0 radical (unpaired) electrons. The largest absolute Gasteiger partial charge is 0.441 e. The Morgan fingerprint density at radius 2 is 2.00 bits per heavy atom. The highest BCUT2D eigenvalue weighted by Gasteiger charge is 2.05. The lowest BCUT2D eigenvalue weighted by molar-refractivity contribution is 0.561. The van der Waals surface area contributed by atoms with Gasteiger partial charge in [-0.2, -0.15) is 0 Å². The van der Waals surface area contributed by atoms with Crippen LogP contribution in [0.2, 0.25) is 0 Å². The summed E-state index contributed by atoms with van der Waals surface area (Å²) in [6, 6.07) is 5.85. The zero-order chi connectivity index (χ0) is 13.9. The molecular formula is C14H15N5O. The number of aromatic nitrogens is 3. The van der Waals surface area contributed by atoms with E-state index in [-0.39, 0.29) is 0 Å². The van der Waals surface area contributed by atoms with Gasteiger partial charge < -0.3 is 15.5 Å². The van der Waals surface area contributed by atoms with E-state index < -0.39 is 0 Å². The van der Waals surface area contributed by atoms with Gasteiger partial charge in [0.1, 0.15) is 5.52 Å². The lowest BCUT2D eigenvalue weighted by atomic mass is 10.1. The van der Waals surface area contributed by atoms with E-state index in [4.69, 9.17) is 10.2 Å². The van der Waals surface area contributed by atoms with Crippen molar-refractivity contribution >= 4 is 17.0 Å². The van der Waals surface area contributed by atoms with Gasteiger partial charge in [0.15, 0.2) is 11.5 Å². The second-order valence-corrected chi connectivity index (χ2v) is 4.43. The molecule has 6 nitrogen and oxygen atoms in total. The van der Waals surface area contributed by atoms with E-state index in [0.29, 0.717) is 24.9 Å². The zero-order valence-electron chi connectivity index (χ0n) is 11.1. The van der Waals surface area contributed by atoms with Gasteiger partial charge in [-0.1, -0.05) is 6.07 Å². The first kappa shape index (κ1) is 12.6. The van der Waals surface area contributed by atoms with Crippen molar-refractivity contribution in [3.63, 3.8) is 0 Å². The number of aryl methyl sites for hydroxylation is 1. The predicted molar refractivity (Wildman–Crippen MR) is 77.3 cm³/mol. The molecule has 3 N–H and O–H groups in total. The molecule has 6 heteroatoms. The van der Waals surface area contributed by atoms with Gasteiger partial charge in [-0.05, 0) is 17.7 Å². The van der Waals surface area contributed by atoms with Gasteiger partial charge in [-0.15, -0.1) is 0 Å². The number of hydrogen-bond donors (Lipinski definition) is 2.